The molecule has 0 unspecified atom stereocenters. The van der Waals surface area contributed by atoms with Crippen LogP contribution in [-0.4, -0.2) is 46.8 Å². The number of amides is 1. The molecular weight excluding hydrogens is 396 g/mol. The summed E-state index contributed by atoms with van der Waals surface area (Å²) in [7, 11) is 4.99. The van der Waals surface area contributed by atoms with Crippen molar-refractivity contribution in [1.29, 1.82) is 0 Å². The smallest absolute Gasteiger partial charge is 0.224 e. The van der Waals surface area contributed by atoms with Crippen molar-refractivity contribution in [3.05, 3.63) is 46.0 Å². The number of benzene rings is 1. The van der Waals surface area contributed by atoms with Gasteiger partial charge in [-0.05, 0) is 35.8 Å². The number of thiophene rings is 1. The van der Waals surface area contributed by atoms with Crippen LogP contribution in [0, 0.1) is 4.77 Å². The number of hydrogen-bond acceptors (Lipinski definition) is 6. The average Bonchev–Trinajstić information content (AvgIpc) is 3.36. The monoisotopic (exact) mass is 418 g/mol. The molecule has 0 saturated carbocycles. The summed E-state index contributed by atoms with van der Waals surface area (Å²) in [6, 6.07) is 9.52. The molecule has 0 aliphatic carbocycles. The number of nitrogens with zero attached hydrogens (tertiary/aromatic N) is 3. The molecule has 0 spiro atoms. The highest BCUT2D eigenvalue weighted by Crippen LogP contribution is 2.26. The molecule has 0 saturated heterocycles. The van der Waals surface area contributed by atoms with Crippen molar-refractivity contribution in [3.63, 3.8) is 0 Å². The van der Waals surface area contributed by atoms with Gasteiger partial charge >= 0.3 is 0 Å². The molecule has 9 heteroatoms. The number of carbonyl (C=O) groups excluding carboxylic acids is 1. The topological polar surface area (TPSA) is 72.4 Å². The first-order valence-electron chi connectivity index (χ1n) is 8.67. The molecule has 7 nitrogen and oxygen atoms in total. The van der Waals surface area contributed by atoms with E-state index in [2.05, 4.69) is 10.2 Å². The summed E-state index contributed by atoms with van der Waals surface area (Å²) in [4.78, 5) is 15.3. The Morgan fingerprint density at radius 1 is 1.32 bits per heavy atom. The van der Waals surface area contributed by atoms with Crippen molar-refractivity contribution >= 4 is 29.5 Å². The maximum atomic E-state index is 12.7. The van der Waals surface area contributed by atoms with Gasteiger partial charge in [-0.25, -0.2) is 0 Å². The Balaban J connectivity index is 1.66. The predicted octanol–water partition coefficient (Wildman–Crippen LogP) is 3.74. The highest BCUT2D eigenvalue weighted by molar-refractivity contribution is 7.71. The molecule has 0 aliphatic rings. The third-order valence-corrected chi connectivity index (χ3v) is 5.55. The SMILES string of the molecule is COc1ccc(CN(C)C(=O)CCn2c(-c3cccs3)n[nH]c2=S)c(OC)c1. The van der Waals surface area contributed by atoms with Crippen LogP contribution in [0.4, 0.5) is 0 Å². The molecule has 1 amide bonds. The Bertz CT molecular complexity index is 995. The van der Waals surface area contributed by atoms with Crippen molar-refractivity contribution in [1.82, 2.24) is 19.7 Å². The van der Waals surface area contributed by atoms with Gasteiger partial charge in [0.25, 0.3) is 0 Å². The highest BCUT2D eigenvalue weighted by Gasteiger charge is 2.15. The largest absolute Gasteiger partial charge is 0.497 e. The maximum absolute atomic E-state index is 12.7. The summed E-state index contributed by atoms with van der Waals surface area (Å²) < 4.78 is 13.0. The number of methoxy groups -OCH3 is 2. The fourth-order valence-electron chi connectivity index (χ4n) is 2.84. The van der Waals surface area contributed by atoms with E-state index >= 15 is 0 Å². The van der Waals surface area contributed by atoms with Crippen LogP contribution in [-0.2, 0) is 17.9 Å². The van der Waals surface area contributed by atoms with Crippen LogP contribution in [0.3, 0.4) is 0 Å². The van der Waals surface area contributed by atoms with E-state index in [9.17, 15) is 4.79 Å². The third kappa shape index (κ3) is 4.42. The first-order chi connectivity index (χ1) is 13.5. The molecule has 0 radical (unpaired) electrons. The Kier molecular flexibility index (Phi) is 6.48. The normalized spacial score (nSPS) is 10.7. The standard InChI is InChI=1S/C19H22N4O3S2/c1-22(12-13-6-7-14(25-2)11-15(13)26-3)17(24)8-9-23-18(20-21-19(23)27)16-5-4-10-28-16/h4-7,10-11H,8-9,12H2,1-3H3,(H,21,27). The zero-order valence-corrected chi connectivity index (χ0v) is 17.6. The molecule has 28 heavy (non-hydrogen) atoms. The van der Waals surface area contributed by atoms with E-state index in [0.29, 0.717) is 35.8 Å². The molecule has 3 rings (SSSR count). The fourth-order valence-corrected chi connectivity index (χ4v) is 3.79. The molecule has 2 aromatic heterocycles. The van der Waals surface area contributed by atoms with Crippen LogP contribution < -0.4 is 9.47 Å². The zero-order valence-electron chi connectivity index (χ0n) is 16.0. The van der Waals surface area contributed by atoms with Crippen molar-refractivity contribution in [2.24, 2.45) is 0 Å². The second-order valence-corrected chi connectivity index (χ2v) is 7.49. The second kappa shape index (κ2) is 9.03. The van der Waals surface area contributed by atoms with Crippen LogP contribution in [0.5, 0.6) is 11.5 Å². The van der Waals surface area contributed by atoms with Crippen molar-refractivity contribution in [2.75, 3.05) is 21.3 Å². The number of ether oxygens (including phenoxy) is 2. The lowest BCUT2D eigenvalue weighted by atomic mass is 10.1. The molecule has 0 atom stereocenters. The van der Waals surface area contributed by atoms with Crippen LogP contribution in [0.15, 0.2) is 35.7 Å². The molecule has 0 bridgehead atoms. The number of hydrogen-bond donors (Lipinski definition) is 1. The zero-order chi connectivity index (χ0) is 20.1. The van der Waals surface area contributed by atoms with Gasteiger partial charge in [0.05, 0.1) is 19.1 Å². The number of aromatic amines is 1. The van der Waals surface area contributed by atoms with Gasteiger partial charge in [0, 0.05) is 38.2 Å². The maximum Gasteiger partial charge on any atom is 0.224 e. The number of H-pyrrole nitrogens is 1. The molecule has 3 aromatic rings. The summed E-state index contributed by atoms with van der Waals surface area (Å²) in [5.74, 6) is 2.17. The summed E-state index contributed by atoms with van der Waals surface area (Å²) in [5.41, 5.74) is 0.915. The number of nitrogens with one attached hydrogen (secondary N) is 1. The lowest BCUT2D eigenvalue weighted by molar-refractivity contribution is -0.130. The van der Waals surface area contributed by atoms with Gasteiger partial charge in [0.15, 0.2) is 10.6 Å². The van der Waals surface area contributed by atoms with E-state index in [0.717, 1.165) is 16.3 Å². The Hall–Kier alpha value is -2.65. The van der Waals surface area contributed by atoms with Gasteiger partial charge < -0.3 is 14.4 Å². The molecular formula is C19H22N4O3S2. The summed E-state index contributed by atoms with van der Waals surface area (Å²) >= 11 is 6.91. The quantitative estimate of drug-likeness (QED) is 0.564. The van der Waals surface area contributed by atoms with E-state index in [1.54, 1.807) is 37.5 Å². The lowest BCUT2D eigenvalue weighted by Gasteiger charge is -2.19. The van der Waals surface area contributed by atoms with E-state index in [1.165, 1.54) is 0 Å². The average molecular weight is 419 g/mol. The molecule has 2 heterocycles. The van der Waals surface area contributed by atoms with E-state index in [1.807, 2.05) is 40.3 Å². The van der Waals surface area contributed by atoms with Crippen LogP contribution >= 0.6 is 23.6 Å². The molecule has 1 N–H and O–H groups in total. The van der Waals surface area contributed by atoms with Gasteiger partial charge in [0.1, 0.15) is 11.5 Å². The summed E-state index contributed by atoms with van der Waals surface area (Å²) in [6.07, 6.45) is 0.321. The van der Waals surface area contributed by atoms with Crippen LogP contribution in [0.2, 0.25) is 0 Å². The van der Waals surface area contributed by atoms with Gasteiger partial charge in [-0.3, -0.25) is 14.5 Å². The molecule has 0 aliphatic heterocycles. The van der Waals surface area contributed by atoms with E-state index < -0.39 is 0 Å². The van der Waals surface area contributed by atoms with Crippen LogP contribution in [0.25, 0.3) is 10.7 Å². The first-order valence-corrected chi connectivity index (χ1v) is 9.96. The number of aromatic nitrogens is 3. The van der Waals surface area contributed by atoms with Gasteiger partial charge in [0.2, 0.25) is 5.91 Å². The Morgan fingerprint density at radius 2 is 2.14 bits per heavy atom. The highest BCUT2D eigenvalue weighted by atomic mass is 32.1. The third-order valence-electron chi connectivity index (χ3n) is 4.38. The molecule has 0 fully saturated rings. The molecule has 1 aromatic carbocycles. The van der Waals surface area contributed by atoms with Crippen molar-refractivity contribution in [2.45, 2.75) is 19.5 Å². The minimum atomic E-state index is 0.0121. The van der Waals surface area contributed by atoms with Crippen molar-refractivity contribution < 1.29 is 14.3 Å². The van der Waals surface area contributed by atoms with Gasteiger partial charge in [-0.1, -0.05) is 6.07 Å². The summed E-state index contributed by atoms with van der Waals surface area (Å²) in [6.45, 7) is 0.909. The van der Waals surface area contributed by atoms with Crippen LogP contribution in [0.1, 0.15) is 12.0 Å². The fraction of sp³-hybridized carbons (Fsp3) is 0.316. The van der Waals surface area contributed by atoms with E-state index in [-0.39, 0.29) is 5.91 Å². The predicted molar refractivity (Wildman–Crippen MR) is 111 cm³/mol. The minimum absolute atomic E-state index is 0.0121. The first kappa shape index (κ1) is 20.1. The Labute approximate surface area is 172 Å². The van der Waals surface area contributed by atoms with E-state index in [4.69, 9.17) is 21.7 Å². The second-order valence-electron chi connectivity index (χ2n) is 6.16. The summed E-state index contributed by atoms with van der Waals surface area (Å²) in [5, 5.41) is 9.09. The minimum Gasteiger partial charge on any atom is -0.497 e. The van der Waals surface area contributed by atoms with Gasteiger partial charge in [-0.15, -0.1) is 11.3 Å². The number of rotatable bonds is 8. The van der Waals surface area contributed by atoms with Crippen molar-refractivity contribution in [3.8, 4) is 22.2 Å². The van der Waals surface area contributed by atoms with Gasteiger partial charge in [-0.2, -0.15) is 5.10 Å². The number of carbonyl (C=O) groups is 1. The Morgan fingerprint density at radius 3 is 2.82 bits per heavy atom. The molecule has 148 valence electrons. The lowest BCUT2D eigenvalue weighted by Crippen LogP contribution is -2.27.